The van der Waals surface area contributed by atoms with Crippen LogP contribution in [-0.2, 0) is 9.57 Å². The van der Waals surface area contributed by atoms with Gasteiger partial charge in [-0.2, -0.15) is 5.06 Å². The Hall–Kier alpha value is -2.96. The molecular formula is C19H20N6O5. The number of morpholine rings is 1. The molecule has 0 spiro atoms. The van der Waals surface area contributed by atoms with Crippen LogP contribution in [0.5, 0.6) is 0 Å². The predicted octanol–water partition coefficient (Wildman–Crippen LogP) is -0.0550. The highest BCUT2D eigenvalue weighted by atomic mass is 16.7. The van der Waals surface area contributed by atoms with Crippen LogP contribution in [0.25, 0.3) is 11.2 Å². The predicted molar refractivity (Wildman–Crippen MR) is 103 cm³/mol. The number of aliphatic hydroxyl groups is 2. The lowest BCUT2D eigenvalue weighted by molar-refractivity contribution is -0.239. The highest BCUT2D eigenvalue weighted by Gasteiger charge is 2.64. The van der Waals surface area contributed by atoms with Gasteiger partial charge in [-0.3, -0.25) is 9.36 Å². The van der Waals surface area contributed by atoms with Gasteiger partial charge in [-0.1, -0.05) is 18.2 Å². The van der Waals surface area contributed by atoms with Crippen molar-refractivity contribution in [1.29, 1.82) is 0 Å². The minimum atomic E-state index is -1.15. The molecule has 0 unspecified atom stereocenters. The van der Waals surface area contributed by atoms with Crippen LogP contribution in [0.15, 0.2) is 43.0 Å². The first-order chi connectivity index (χ1) is 14.6. The Bertz CT molecular complexity index is 1090. The Morgan fingerprint density at radius 3 is 2.83 bits per heavy atom. The molecule has 2 fully saturated rings. The van der Waals surface area contributed by atoms with E-state index in [1.807, 2.05) is 6.07 Å². The van der Waals surface area contributed by atoms with Crippen molar-refractivity contribution in [1.82, 2.24) is 24.6 Å². The van der Waals surface area contributed by atoms with Crippen LogP contribution in [0.4, 0.5) is 5.82 Å². The van der Waals surface area contributed by atoms with Gasteiger partial charge >= 0.3 is 0 Å². The lowest BCUT2D eigenvalue weighted by Gasteiger charge is -2.35. The van der Waals surface area contributed by atoms with E-state index >= 15 is 0 Å². The van der Waals surface area contributed by atoms with Crippen molar-refractivity contribution in [3.05, 3.63) is 48.5 Å². The molecule has 2 aliphatic heterocycles. The number of carbonyl (C=O) groups is 1. The minimum Gasteiger partial charge on any atom is -0.393 e. The summed E-state index contributed by atoms with van der Waals surface area (Å²) in [6.45, 7) is -0.122. The largest absolute Gasteiger partial charge is 0.393 e. The first kappa shape index (κ1) is 19.0. The number of anilines is 1. The maximum atomic E-state index is 12.5. The summed E-state index contributed by atoms with van der Waals surface area (Å²) in [4.78, 5) is 30.7. The number of hydroxylamine groups is 2. The number of benzene rings is 1. The molecule has 30 heavy (non-hydrogen) atoms. The Kier molecular flexibility index (Phi) is 4.49. The summed E-state index contributed by atoms with van der Waals surface area (Å²) < 4.78 is 7.68. The summed E-state index contributed by atoms with van der Waals surface area (Å²) in [5.74, 6) is -0.0571. The van der Waals surface area contributed by atoms with Gasteiger partial charge < -0.3 is 25.1 Å². The van der Waals surface area contributed by atoms with Crippen LogP contribution in [-0.4, -0.2) is 78.7 Å². The van der Waals surface area contributed by atoms with E-state index < -0.39 is 24.0 Å². The molecule has 3 N–H and O–H groups in total. The molecule has 4 heterocycles. The second-order valence-corrected chi connectivity index (χ2v) is 7.29. The molecule has 0 saturated carbocycles. The summed E-state index contributed by atoms with van der Waals surface area (Å²) >= 11 is 0. The SMILES string of the molecule is CON1C[C@]2(CO)O[C@@H](n3cnc4c(NC(=O)c5ccccc5)ncnc43)[C@H]1[C@@H]2O. The van der Waals surface area contributed by atoms with Crippen LogP contribution < -0.4 is 5.32 Å². The molecular weight excluding hydrogens is 392 g/mol. The number of hydrogen-bond donors (Lipinski definition) is 3. The number of nitrogens with zero attached hydrogens (tertiary/aromatic N) is 5. The van der Waals surface area contributed by atoms with Crippen molar-refractivity contribution in [2.45, 2.75) is 24.0 Å². The van der Waals surface area contributed by atoms with Gasteiger partial charge in [-0.25, -0.2) is 15.0 Å². The van der Waals surface area contributed by atoms with Gasteiger partial charge in [0.2, 0.25) is 0 Å². The van der Waals surface area contributed by atoms with Gasteiger partial charge in [0.15, 0.2) is 23.2 Å². The number of ether oxygens (including phenoxy) is 1. The molecule has 0 radical (unpaired) electrons. The van der Waals surface area contributed by atoms with Gasteiger partial charge in [0.25, 0.3) is 5.91 Å². The van der Waals surface area contributed by atoms with E-state index in [1.165, 1.54) is 19.8 Å². The van der Waals surface area contributed by atoms with E-state index in [4.69, 9.17) is 9.57 Å². The Morgan fingerprint density at radius 2 is 2.13 bits per heavy atom. The summed E-state index contributed by atoms with van der Waals surface area (Å²) in [5, 5.41) is 24.9. The molecule has 2 saturated heterocycles. The van der Waals surface area contributed by atoms with Crippen molar-refractivity contribution in [3.63, 3.8) is 0 Å². The lowest BCUT2D eigenvalue weighted by Crippen LogP contribution is -2.47. The third-order valence-electron chi connectivity index (χ3n) is 5.67. The third-order valence-corrected chi connectivity index (χ3v) is 5.67. The molecule has 4 atom stereocenters. The number of imidazole rings is 1. The molecule has 2 bridgehead atoms. The number of rotatable bonds is 5. The molecule has 5 rings (SSSR count). The van der Waals surface area contributed by atoms with Crippen molar-refractivity contribution < 1.29 is 24.6 Å². The van der Waals surface area contributed by atoms with Gasteiger partial charge in [-0.15, -0.1) is 0 Å². The number of aliphatic hydroxyl groups excluding tert-OH is 2. The average Bonchev–Trinajstić information content (AvgIpc) is 3.42. The second-order valence-electron chi connectivity index (χ2n) is 7.29. The molecule has 11 heteroatoms. The molecule has 2 aliphatic rings. The third kappa shape index (κ3) is 2.71. The zero-order valence-corrected chi connectivity index (χ0v) is 16.0. The summed E-state index contributed by atoms with van der Waals surface area (Å²) in [6.07, 6.45) is 1.18. The van der Waals surface area contributed by atoms with E-state index in [9.17, 15) is 15.0 Å². The maximum absolute atomic E-state index is 12.5. The first-order valence-electron chi connectivity index (χ1n) is 9.39. The van der Waals surface area contributed by atoms with E-state index in [0.717, 1.165) is 0 Å². The normalized spacial score (nSPS) is 28.3. The van der Waals surface area contributed by atoms with Crippen molar-refractivity contribution in [3.8, 4) is 0 Å². The fraction of sp³-hybridized carbons (Fsp3) is 0.368. The zero-order valence-electron chi connectivity index (χ0n) is 16.0. The molecule has 2 aromatic heterocycles. The van der Waals surface area contributed by atoms with Crippen molar-refractivity contribution in [2.24, 2.45) is 0 Å². The molecule has 1 aromatic carbocycles. The van der Waals surface area contributed by atoms with E-state index in [-0.39, 0.29) is 24.9 Å². The van der Waals surface area contributed by atoms with E-state index in [0.29, 0.717) is 16.7 Å². The minimum absolute atomic E-state index is 0.238. The monoisotopic (exact) mass is 412 g/mol. The van der Waals surface area contributed by atoms with Gasteiger partial charge in [0, 0.05) is 5.56 Å². The molecule has 156 valence electrons. The summed E-state index contributed by atoms with van der Waals surface area (Å²) in [6, 6.07) is 8.21. The van der Waals surface area contributed by atoms with Crippen molar-refractivity contribution in [2.75, 3.05) is 25.6 Å². The highest BCUT2D eigenvalue weighted by Crippen LogP contribution is 2.47. The first-order valence-corrected chi connectivity index (χ1v) is 9.39. The second kappa shape index (κ2) is 7.07. The van der Waals surface area contributed by atoms with Crippen LogP contribution >= 0.6 is 0 Å². The Morgan fingerprint density at radius 1 is 1.33 bits per heavy atom. The fourth-order valence-electron chi connectivity index (χ4n) is 4.13. The van der Waals surface area contributed by atoms with Gasteiger partial charge in [0.1, 0.15) is 24.1 Å². The zero-order chi connectivity index (χ0) is 20.9. The highest BCUT2D eigenvalue weighted by molar-refractivity contribution is 6.06. The quantitative estimate of drug-likeness (QED) is 0.527. The summed E-state index contributed by atoms with van der Waals surface area (Å²) in [5.41, 5.74) is 0.134. The van der Waals surface area contributed by atoms with E-state index in [1.54, 1.807) is 33.9 Å². The number of hydrogen-bond acceptors (Lipinski definition) is 9. The van der Waals surface area contributed by atoms with E-state index in [2.05, 4.69) is 20.3 Å². The average molecular weight is 412 g/mol. The molecule has 0 aliphatic carbocycles. The molecule has 11 nitrogen and oxygen atoms in total. The smallest absolute Gasteiger partial charge is 0.256 e. The number of nitrogens with one attached hydrogen (secondary N) is 1. The van der Waals surface area contributed by atoms with Gasteiger partial charge in [-0.05, 0) is 12.1 Å². The molecule has 1 amide bonds. The van der Waals surface area contributed by atoms with Crippen LogP contribution in [0, 0.1) is 0 Å². The van der Waals surface area contributed by atoms with Crippen LogP contribution in [0.1, 0.15) is 16.6 Å². The number of aromatic nitrogens is 4. The Labute approximate surface area is 170 Å². The Balaban J connectivity index is 1.49. The number of fused-ring (bicyclic) bond motifs is 3. The topological polar surface area (TPSA) is 135 Å². The summed E-state index contributed by atoms with van der Waals surface area (Å²) in [7, 11) is 1.50. The number of carbonyl (C=O) groups excluding carboxylic acids is 1. The number of amides is 1. The van der Waals surface area contributed by atoms with Crippen LogP contribution in [0.3, 0.4) is 0 Å². The van der Waals surface area contributed by atoms with Crippen LogP contribution in [0.2, 0.25) is 0 Å². The standard InChI is InChI=1S/C19H20N6O5/c1-29-25-7-19(8-26)14(27)13(25)18(30-19)24-10-22-12-15(20-9-21-16(12)24)23-17(28)11-5-3-2-4-6-11/h2-6,9-10,13-14,18,26-27H,7-8H2,1H3,(H,20,21,23,28)/t13-,14+,18-,19-/m1/s1. The van der Waals surface area contributed by atoms with Gasteiger partial charge in [0.05, 0.1) is 26.6 Å². The van der Waals surface area contributed by atoms with Crippen molar-refractivity contribution >= 4 is 22.9 Å². The lowest BCUT2D eigenvalue weighted by atomic mass is 10.0. The fourth-order valence-corrected chi connectivity index (χ4v) is 4.13. The maximum Gasteiger partial charge on any atom is 0.256 e. The molecule has 3 aromatic rings.